The zero-order valence-corrected chi connectivity index (χ0v) is 10.0. The number of pyridine rings is 1. The third kappa shape index (κ3) is 2.74. The third-order valence-corrected chi connectivity index (χ3v) is 3.16. The standard InChI is InChI=1S/C12H18N4O/c1-16(10-3-6-17-7-4-10)11-8-9(12(13)14)2-5-15-11/h2,5,8,10H,3-4,6-7H2,1H3,(H3,13,14). The molecule has 5 heteroatoms. The molecular formula is C12H18N4O. The first-order valence-electron chi connectivity index (χ1n) is 5.79. The van der Waals surface area contributed by atoms with Crippen LogP contribution in [-0.2, 0) is 4.74 Å². The van der Waals surface area contributed by atoms with E-state index < -0.39 is 0 Å². The van der Waals surface area contributed by atoms with Crippen molar-refractivity contribution < 1.29 is 4.74 Å². The van der Waals surface area contributed by atoms with Crippen LogP contribution in [-0.4, -0.2) is 37.1 Å². The molecule has 0 aliphatic carbocycles. The Morgan fingerprint density at radius 1 is 1.53 bits per heavy atom. The first kappa shape index (κ1) is 11.9. The summed E-state index contributed by atoms with van der Waals surface area (Å²) >= 11 is 0. The summed E-state index contributed by atoms with van der Waals surface area (Å²) in [5.74, 6) is 0.943. The van der Waals surface area contributed by atoms with Crippen molar-refractivity contribution in [3.05, 3.63) is 23.9 Å². The monoisotopic (exact) mass is 234 g/mol. The first-order valence-corrected chi connectivity index (χ1v) is 5.79. The number of nitrogens with two attached hydrogens (primary N) is 1. The minimum atomic E-state index is 0.0778. The van der Waals surface area contributed by atoms with Crippen molar-refractivity contribution >= 4 is 11.7 Å². The molecule has 0 spiro atoms. The van der Waals surface area contributed by atoms with Gasteiger partial charge in [-0.15, -0.1) is 0 Å². The predicted octanol–water partition coefficient (Wildman–Crippen LogP) is 0.981. The van der Waals surface area contributed by atoms with E-state index in [4.69, 9.17) is 15.9 Å². The van der Waals surface area contributed by atoms with E-state index in [1.807, 2.05) is 13.1 Å². The Balaban J connectivity index is 2.14. The van der Waals surface area contributed by atoms with Crippen molar-refractivity contribution in [1.29, 1.82) is 5.41 Å². The largest absolute Gasteiger partial charge is 0.384 e. The number of rotatable bonds is 3. The number of nitrogens with one attached hydrogen (secondary N) is 1. The second kappa shape index (κ2) is 5.14. The fourth-order valence-corrected chi connectivity index (χ4v) is 2.04. The van der Waals surface area contributed by atoms with Crippen LogP contribution >= 0.6 is 0 Å². The van der Waals surface area contributed by atoms with Crippen LogP contribution in [0.5, 0.6) is 0 Å². The van der Waals surface area contributed by atoms with E-state index in [0.29, 0.717) is 11.6 Å². The quantitative estimate of drug-likeness (QED) is 0.604. The summed E-state index contributed by atoms with van der Waals surface area (Å²) in [6.07, 6.45) is 3.73. The SMILES string of the molecule is CN(c1cc(C(=N)N)ccn1)C1CCOCC1. The first-order chi connectivity index (χ1) is 8.18. The number of anilines is 1. The fourth-order valence-electron chi connectivity index (χ4n) is 2.04. The lowest BCUT2D eigenvalue weighted by molar-refractivity contribution is 0.0853. The zero-order chi connectivity index (χ0) is 12.3. The van der Waals surface area contributed by atoms with Gasteiger partial charge in [-0.2, -0.15) is 0 Å². The highest BCUT2D eigenvalue weighted by Crippen LogP contribution is 2.19. The lowest BCUT2D eigenvalue weighted by Gasteiger charge is -2.32. The second-order valence-electron chi connectivity index (χ2n) is 4.27. The number of hydrogen-bond acceptors (Lipinski definition) is 4. The highest BCUT2D eigenvalue weighted by Gasteiger charge is 2.19. The molecule has 2 rings (SSSR count). The molecule has 2 heterocycles. The number of amidine groups is 1. The molecule has 0 bridgehead atoms. The number of ether oxygens (including phenoxy) is 1. The van der Waals surface area contributed by atoms with Gasteiger partial charge in [0.2, 0.25) is 0 Å². The number of aromatic nitrogens is 1. The highest BCUT2D eigenvalue weighted by atomic mass is 16.5. The molecule has 0 saturated carbocycles. The van der Waals surface area contributed by atoms with Crippen LogP contribution in [0.1, 0.15) is 18.4 Å². The van der Waals surface area contributed by atoms with Gasteiger partial charge in [0.25, 0.3) is 0 Å². The van der Waals surface area contributed by atoms with E-state index in [1.54, 1.807) is 12.3 Å². The summed E-state index contributed by atoms with van der Waals surface area (Å²) in [6.45, 7) is 1.61. The van der Waals surface area contributed by atoms with Crippen molar-refractivity contribution in [3.8, 4) is 0 Å². The van der Waals surface area contributed by atoms with Crippen LogP contribution in [0.25, 0.3) is 0 Å². The van der Waals surface area contributed by atoms with Gasteiger partial charge in [-0.3, -0.25) is 5.41 Å². The lowest BCUT2D eigenvalue weighted by Crippen LogP contribution is -2.37. The molecule has 1 aliphatic rings. The molecule has 3 N–H and O–H groups in total. The summed E-state index contributed by atoms with van der Waals surface area (Å²) in [5, 5.41) is 7.43. The van der Waals surface area contributed by atoms with Crippen LogP contribution in [0.15, 0.2) is 18.3 Å². The number of nitrogens with zero attached hydrogens (tertiary/aromatic N) is 2. The van der Waals surface area contributed by atoms with Crippen molar-refractivity contribution in [2.75, 3.05) is 25.2 Å². The molecule has 1 fully saturated rings. The van der Waals surface area contributed by atoms with E-state index in [2.05, 4.69) is 9.88 Å². The Morgan fingerprint density at radius 3 is 2.88 bits per heavy atom. The van der Waals surface area contributed by atoms with Crippen LogP contribution < -0.4 is 10.6 Å². The molecule has 1 aromatic rings. The van der Waals surface area contributed by atoms with Gasteiger partial charge in [0.05, 0.1) is 0 Å². The lowest BCUT2D eigenvalue weighted by atomic mass is 10.1. The average molecular weight is 234 g/mol. The van der Waals surface area contributed by atoms with Gasteiger partial charge >= 0.3 is 0 Å². The Kier molecular flexibility index (Phi) is 3.58. The molecule has 0 amide bonds. The van der Waals surface area contributed by atoms with Crippen LogP contribution in [0.4, 0.5) is 5.82 Å². The maximum absolute atomic E-state index is 7.43. The maximum Gasteiger partial charge on any atom is 0.129 e. The van der Waals surface area contributed by atoms with Crippen molar-refractivity contribution in [3.63, 3.8) is 0 Å². The second-order valence-corrected chi connectivity index (χ2v) is 4.27. The molecule has 0 unspecified atom stereocenters. The van der Waals surface area contributed by atoms with Gasteiger partial charge in [-0.05, 0) is 25.0 Å². The Morgan fingerprint density at radius 2 is 2.24 bits per heavy atom. The summed E-state index contributed by atoms with van der Waals surface area (Å²) in [4.78, 5) is 6.48. The van der Waals surface area contributed by atoms with E-state index in [0.717, 1.165) is 31.9 Å². The van der Waals surface area contributed by atoms with Gasteiger partial charge < -0.3 is 15.4 Å². The van der Waals surface area contributed by atoms with E-state index >= 15 is 0 Å². The highest BCUT2D eigenvalue weighted by molar-refractivity contribution is 5.95. The van der Waals surface area contributed by atoms with Crippen LogP contribution in [0, 0.1) is 5.41 Å². The Hall–Kier alpha value is -1.62. The topological polar surface area (TPSA) is 75.2 Å². The molecule has 1 saturated heterocycles. The molecular weight excluding hydrogens is 216 g/mol. The smallest absolute Gasteiger partial charge is 0.129 e. The molecule has 1 aliphatic heterocycles. The Bertz CT molecular complexity index is 401. The minimum absolute atomic E-state index is 0.0778. The summed E-state index contributed by atoms with van der Waals surface area (Å²) in [7, 11) is 2.03. The zero-order valence-electron chi connectivity index (χ0n) is 10.0. The third-order valence-electron chi connectivity index (χ3n) is 3.16. The Labute approximate surface area is 101 Å². The van der Waals surface area contributed by atoms with E-state index in [1.165, 1.54) is 0 Å². The molecule has 0 atom stereocenters. The molecule has 0 radical (unpaired) electrons. The van der Waals surface area contributed by atoms with E-state index in [9.17, 15) is 0 Å². The van der Waals surface area contributed by atoms with Crippen LogP contribution in [0.2, 0.25) is 0 Å². The number of hydrogen-bond donors (Lipinski definition) is 2. The predicted molar refractivity (Wildman–Crippen MR) is 67.5 cm³/mol. The van der Waals surface area contributed by atoms with Crippen LogP contribution in [0.3, 0.4) is 0 Å². The van der Waals surface area contributed by atoms with E-state index in [-0.39, 0.29) is 5.84 Å². The molecule has 92 valence electrons. The molecule has 5 nitrogen and oxygen atoms in total. The normalized spacial score (nSPS) is 16.8. The molecule has 1 aromatic heterocycles. The summed E-state index contributed by atoms with van der Waals surface area (Å²) in [5.41, 5.74) is 6.19. The average Bonchev–Trinajstić information content (AvgIpc) is 2.39. The van der Waals surface area contributed by atoms with Gasteiger partial charge in [0, 0.05) is 38.1 Å². The van der Waals surface area contributed by atoms with Gasteiger partial charge in [0.15, 0.2) is 0 Å². The van der Waals surface area contributed by atoms with Crippen molar-refractivity contribution in [2.24, 2.45) is 5.73 Å². The molecule has 17 heavy (non-hydrogen) atoms. The molecule has 0 aromatic carbocycles. The summed E-state index contributed by atoms with van der Waals surface area (Å²) in [6, 6.07) is 4.07. The van der Waals surface area contributed by atoms with Gasteiger partial charge in [-0.25, -0.2) is 4.98 Å². The fraction of sp³-hybridized carbons (Fsp3) is 0.500. The van der Waals surface area contributed by atoms with Gasteiger partial charge in [0.1, 0.15) is 11.7 Å². The van der Waals surface area contributed by atoms with Crippen molar-refractivity contribution in [1.82, 2.24) is 4.98 Å². The maximum atomic E-state index is 7.43. The minimum Gasteiger partial charge on any atom is -0.384 e. The summed E-state index contributed by atoms with van der Waals surface area (Å²) < 4.78 is 5.35. The number of nitrogen functional groups attached to an aromatic ring is 1. The van der Waals surface area contributed by atoms with Crippen molar-refractivity contribution in [2.45, 2.75) is 18.9 Å². The van der Waals surface area contributed by atoms with Gasteiger partial charge in [-0.1, -0.05) is 0 Å².